The van der Waals surface area contributed by atoms with Crippen LogP contribution in [0.1, 0.15) is 18.9 Å². The number of hydrogen-bond donors (Lipinski definition) is 3. The maximum atomic E-state index is 14.8. The number of aliphatic hydroxyl groups excluding tert-OH is 1. The molecule has 3 N–H and O–H groups in total. The molecule has 3 atom stereocenters. The van der Waals surface area contributed by atoms with Crippen molar-refractivity contribution in [3.63, 3.8) is 0 Å². The van der Waals surface area contributed by atoms with E-state index in [1.807, 2.05) is 18.2 Å². The molecule has 11 nitrogen and oxygen atoms in total. The molecule has 0 unspecified atom stereocenters. The molecule has 0 radical (unpaired) electrons. The third kappa shape index (κ3) is 5.42. The minimum Gasteiger partial charge on any atom is -0.490 e. The Hall–Kier alpha value is -4.50. The van der Waals surface area contributed by atoms with E-state index in [9.17, 15) is 19.6 Å². The number of fused-ring (bicyclic) bond motifs is 1. The molecule has 1 amide bonds. The first kappa shape index (κ1) is 25.2. The van der Waals surface area contributed by atoms with Crippen LogP contribution in [0.4, 0.5) is 21.7 Å². The molecule has 2 aromatic carbocycles. The van der Waals surface area contributed by atoms with Gasteiger partial charge in [0.15, 0.2) is 12.0 Å². The third-order valence-electron chi connectivity index (χ3n) is 6.27. The van der Waals surface area contributed by atoms with E-state index in [4.69, 9.17) is 9.47 Å². The molecule has 1 saturated heterocycles. The molecule has 2 aliphatic rings. The fourth-order valence-electron chi connectivity index (χ4n) is 4.35. The zero-order valence-corrected chi connectivity index (χ0v) is 20.6. The van der Waals surface area contributed by atoms with Crippen molar-refractivity contribution < 1.29 is 23.8 Å². The topological polar surface area (TPSA) is 146 Å². The van der Waals surface area contributed by atoms with Gasteiger partial charge in [-0.05, 0) is 43.3 Å². The monoisotopic (exact) mass is 519 g/mol. The van der Waals surface area contributed by atoms with E-state index in [0.717, 1.165) is 23.7 Å². The number of nitrogens with one attached hydrogen (secondary N) is 2. The molecule has 0 aliphatic carbocycles. The number of anilines is 3. The molecule has 0 saturated carbocycles. The van der Waals surface area contributed by atoms with Crippen molar-refractivity contribution in [3.05, 3.63) is 48.3 Å². The lowest BCUT2D eigenvalue weighted by atomic mass is 10.0. The molecule has 12 heteroatoms. The number of rotatable bonds is 6. The number of carbonyl (C=O) groups is 1. The Morgan fingerprint density at radius 3 is 3.00 bits per heavy atom. The quantitative estimate of drug-likeness (QED) is 0.444. The van der Waals surface area contributed by atoms with E-state index in [-0.39, 0.29) is 30.8 Å². The van der Waals surface area contributed by atoms with Gasteiger partial charge in [0.2, 0.25) is 5.95 Å². The highest BCUT2D eigenvalue weighted by molar-refractivity contribution is 5.80. The van der Waals surface area contributed by atoms with E-state index in [1.54, 1.807) is 18.2 Å². The van der Waals surface area contributed by atoms with Gasteiger partial charge in [0, 0.05) is 30.8 Å². The molecular weight excluding hydrogens is 493 g/mol. The van der Waals surface area contributed by atoms with Crippen LogP contribution in [0.2, 0.25) is 0 Å². The van der Waals surface area contributed by atoms with E-state index in [0.29, 0.717) is 23.9 Å². The molecule has 3 heterocycles. The van der Waals surface area contributed by atoms with Crippen LogP contribution in [0.25, 0.3) is 11.4 Å². The van der Waals surface area contributed by atoms with Gasteiger partial charge in [-0.15, -0.1) is 0 Å². The summed E-state index contributed by atoms with van der Waals surface area (Å²) in [5, 5.41) is 25.6. The summed E-state index contributed by atoms with van der Waals surface area (Å²) in [5.41, 5.74) is 2.41. The van der Waals surface area contributed by atoms with Crippen LogP contribution in [-0.4, -0.2) is 75.5 Å². The average molecular weight is 520 g/mol. The number of likely N-dealkylation sites (tertiary alicyclic amines) is 1. The first-order chi connectivity index (χ1) is 18.4. The first-order valence-corrected chi connectivity index (χ1v) is 12.2. The summed E-state index contributed by atoms with van der Waals surface area (Å²) >= 11 is 0. The maximum absolute atomic E-state index is 14.8. The Bertz CT molecular complexity index is 1380. The number of aromatic nitrogens is 3. The van der Waals surface area contributed by atoms with Crippen LogP contribution in [0.15, 0.2) is 42.7 Å². The van der Waals surface area contributed by atoms with Crippen molar-refractivity contribution in [3.8, 4) is 29.0 Å². The lowest BCUT2D eigenvalue weighted by Crippen LogP contribution is -2.51. The van der Waals surface area contributed by atoms with Crippen LogP contribution in [0, 0.1) is 11.3 Å². The molecule has 1 aromatic heterocycles. The highest BCUT2D eigenvalue weighted by Gasteiger charge is 2.34. The number of amides is 1. The number of piperidine rings is 1. The van der Waals surface area contributed by atoms with E-state index < -0.39 is 24.3 Å². The minimum absolute atomic E-state index is 0.178. The van der Waals surface area contributed by atoms with Crippen molar-refractivity contribution in [1.82, 2.24) is 19.9 Å². The Kier molecular flexibility index (Phi) is 7.19. The van der Waals surface area contributed by atoms with E-state index >= 15 is 0 Å². The smallest absolute Gasteiger partial charge is 0.251 e. The van der Waals surface area contributed by atoms with E-state index in [2.05, 4.69) is 31.7 Å². The molecule has 2 aliphatic heterocycles. The second-order valence-corrected chi connectivity index (χ2v) is 8.99. The molecule has 1 fully saturated rings. The van der Waals surface area contributed by atoms with Crippen molar-refractivity contribution in [1.29, 1.82) is 5.26 Å². The fraction of sp³-hybridized carbons (Fsp3) is 0.346. The third-order valence-corrected chi connectivity index (χ3v) is 6.27. The zero-order chi connectivity index (χ0) is 26.6. The zero-order valence-electron chi connectivity index (χ0n) is 20.6. The summed E-state index contributed by atoms with van der Waals surface area (Å²) in [6.07, 6.45) is -1.86. The summed E-state index contributed by atoms with van der Waals surface area (Å²) in [4.78, 5) is 26.1. The number of hydrogen-bond acceptors (Lipinski definition) is 10. The summed E-state index contributed by atoms with van der Waals surface area (Å²) in [6.45, 7) is 2.77. The van der Waals surface area contributed by atoms with Crippen molar-refractivity contribution >= 4 is 23.2 Å². The van der Waals surface area contributed by atoms with Gasteiger partial charge in [-0.1, -0.05) is 0 Å². The molecular formula is C26H26FN7O4. The average Bonchev–Trinajstić information content (AvgIpc) is 2.94. The van der Waals surface area contributed by atoms with Gasteiger partial charge in [0.25, 0.3) is 5.91 Å². The largest absolute Gasteiger partial charge is 0.490 e. The number of halogens is 1. The number of nitrogens with zero attached hydrogens (tertiary/aromatic N) is 5. The molecule has 0 bridgehead atoms. The number of nitriles is 1. The highest BCUT2D eigenvalue weighted by atomic mass is 19.1. The van der Waals surface area contributed by atoms with Gasteiger partial charge >= 0.3 is 0 Å². The van der Waals surface area contributed by atoms with Gasteiger partial charge in [-0.3, -0.25) is 4.79 Å². The lowest BCUT2D eigenvalue weighted by molar-refractivity contribution is -0.143. The van der Waals surface area contributed by atoms with Gasteiger partial charge in [0.05, 0.1) is 17.8 Å². The maximum Gasteiger partial charge on any atom is 0.251 e. The van der Waals surface area contributed by atoms with Gasteiger partial charge < -0.3 is 30.1 Å². The van der Waals surface area contributed by atoms with Crippen molar-refractivity contribution in [2.75, 3.05) is 36.9 Å². The Labute approximate surface area is 218 Å². The molecule has 5 rings (SSSR count). The van der Waals surface area contributed by atoms with Crippen LogP contribution in [-0.2, 0) is 4.79 Å². The first-order valence-electron chi connectivity index (χ1n) is 12.2. The Morgan fingerprint density at radius 1 is 1.34 bits per heavy atom. The summed E-state index contributed by atoms with van der Waals surface area (Å²) in [5.74, 6) is 1.16. The van der Waals surface area contributed by atoms with Crippen molar-refractivity contribution in [2.45, 2.75) is 31.7 Å². The van der Waals surface area contributed by atoms with Gasteiger partial charge in [-0.2, -0.15) is 10.2 Å². The van der Waals surface area contributed by atoms with Gasteiger partial charge in [-0.25, -0.2) is 14.4 Å². The standard InChI is InChI=1S/C26H26FN7O4/c1-15(35)25(36)34-8-6-22(19(27)13-34)38-21-4-2-16(10-17(21)12-28)24-30-14-31-26(33-24)32-18-3-5-23-20(11-18)29-7-9-37-23/h2-5,10-11,14-15,19,22,29,35H,6-9,13H2,1H3,(H,30,31,32,33)/t15-,19-,22-/m0/s1. The Balaban J connectivity index is 1.29. The number of ether oxygens (including phenoxy) is 2. The second-order valence-electron chi connectivity index (χ2n) is 8.99. The minimum atomic E-state index is -1.46. The molecule has 196 valence electrons. The Morgan fingerprint density at radius 2 is 2.21 bits per heavy atom. The van der Waals surface area contributed by atoms with Gasteiger partial charge in [0.1, 0.15) is 42.7 Å². The highest BCUT2D eigenvalue weighted by Crippen LogP contribution is 2.32. The number of carbonyl (C=O) groups excluding carboxylic acids is 1. The molecule has 38 heavy (non-hydrogen) atoms. The summed E-state index contributed by atoms with van der Waals surface area (Å²) in [7, 11) is 0. The molecule has 3 aromatic rings. The number of alkyl halides is 1. The predicted octanol–water partition coefficient (Wildman–Crippen LogP) is 2.66. The molecule has 0 spiro atoms. The normalized spacial score (nSPS) is 19.3. The predicted molar refractivity (Wildman–Crippen MR) is 136 cm³/mol. The summed E-state index contributed by atoms with van der Waals surface area (Å²) < 4.78 is 26.2. The van der Waals surface area contributed by atoms with Crippen LogP contribution in [0.3, 0.4) is 0 Å². The lowest BCUT2D eigenvalue weighted by Gasteiger charge is -2.35. The summed E-state index contributed by atoms with van der Waals surface area (Å²) in [6, 6.07) is 12.6. The number of benzene rings is 2. The fourth-order valence-corrected chi connectivity index (χ4v) is 4.35. The van der Waals surface area contributed by atoms with Crippen LogP contribution < -0.4 is 20.1 Å². The van der Waals surface area contributed by atoms with Crippen LogP contribution in [0.5, 0.6) is 11.5 Å². The van der Waals surface area contributed by atoms with E-state index in [1.165, 1.54) is 18.2 Å². The number of aliphatic hydroxyl groups is 1. The second kappa shape index (κ2) is 10.9. The van der Waals surface area contributed by atoms with Crippen molar-refractivity contribution in [2.24, 2.45) is 0 Å². The SMILES string of the molecule is C[C@H](O)C(=O)N1CC[C@H](Oc2ccc(-c3ncnc(Nc4ccc5c(c4)NCCO5)n3)cc2C#N)[C@@H](F)C1. The van der Waals surface area contributed by atoms with Crippen LogP contribution >= 0.6 is 0 Å².